The largest absolute Gasteiger partial charge is 0.374 e. The predicted molar refractivity (Wildman–Crippen MR) is 80.8 cm³/mol. The van der Waals surface area contributed by atoms with Gasteiger partial charge in [-0.25, -0.2) is 0 Å². The highest BCUT2D eigenvalue weighted by molar-refractivity contribution is 5.99. The summed E-state index contributed by atoms with van der Waals surface area (Å²) in [5.41, 5.74) is -0.866. The van der Waals surface area contributed by atoms with Crippen LogP contribution in [-0.4, -0.2) is 47.0 Å². The molecule has 5 heteroatoms. The summed E-state index contributed by atoms with van der Waals surface area (Å²) in [5, 5.41) is 2.86. The summed E-state index contributed by atoms with van der Waals surface area (Å²) in [7, 11) is 0. The van der Waals surface area contributed by atoms with Crippen molar-refractivity contribution in [1.82, 2.24) is 10.2 Å². The number of hydrogen-bond acceptors (Lipinski definition) is 3. The van der Waals surface area contributed by atoms with Crippen molar-refractivity contribution in [2.24, 2.45) is 0 Å². The Labute approximate surface area is 127 Å². The molecule has 21 heavy (non-hydrogen) atoms. The van der Waals surface area contributed by atoms with E-state index >= 15 is 0 Å². The summed E-state index contributed by atoms with van der Waals surface area (Å²) < 4.78 is 5.76. The molecule has 1 saturated carbocycles. The SMILES string of the molecule is CC1NC(=O)C2(CCCCC2)N(CCOC(C)(C)C)C1=O. The van der Waals surface area contributed by atoms with Gasteiger partial charge in [-0.05, 0) is 40.5 Å². The summed E-state index contributed by atoms with van der Waals surface area (Å²) in [6, 6.07) is -0.431. The van der Waals surface area contributed by atoms with Gasteiger partial charge < -0.3 is 15.0 Å². The molecule has 1 saturated heterocycles. The summed E-state index contributed by atoms with van der Waals surface area (Å²) in [6.07, 6.45) is 4.70. The fourth-order valence-corrected chi connectivity index (χ4v) is 3.36. The fourth-order valence-electron chi connectivity index (χ4n) is 3.36. The number of carbonyl (C=O) groups excluding carboxylic acids is 2. The van der Waals surface area contributed by atoms with E-state index in [0.717, 1.165) is 32.1 Å². The van der Waals surface area contributed by atoms with Crippen LogP contribution in [0.5, 0.6) is 0 Å². The molecule has 0 aromatic carbocycles. The van der Waals surface area contributed by atoms with E-state index in [2.05, 4.69) is 5.32 Å². The first-order chi connectivity index (χ1) is 9.76. The van der Waals surface area contributed by atoms with Crippen LogP contribution in [0, 0.1) is 0 Å². The molecule has 0 aromatic rings. The van der Waals surface area contributed by atoms with E-state index in [4.69, 9.17) is 4.74 Å². The lowest BCUT2D eigenvalue weighted by Crippen LogP contribution is -2.71. The van der Waals surface area contributed by atoms with Gasteiger partial charge in [0.05, 0.1) is 12.2 Å². The first-order valence-electron chi connectivity index (χ1n) is 8.03. The van der Waals surface area contributed by atoms with Crippen LogP contribution in [-0.2, 0) is 14.3 Å². The number of ether oxygens (including phenoxy) is 1. The first kappa shape index (κ1) is 16.3. The van der Waals surface area contributed by atoms with Crippen molar-refractivity contribution in [2.45, 2.75) is 77.0 Å². The topological polar surface area (TPSA) is 58.6 Å². The van der Waals surface area contributed by atoms with Crippen molar-refractivity contribution in [3.8, 4) is 0 Å². The van der Waals surface area contributed by atoms with Gasteiger partial charge in [0.15, 0.2) is 0 Å². The second kappa shape index (κ2) is 5.95. The summed E-state index contributed by atoms with van der Waals surface area (Å²) in [6.45, 7) is 8.71. The van der Waals surface area contributed by atoms with Crippen molar-refractivity contribution in [3.05, 3.63) is 0 Å². The van der Waals surface area contributed by atoms with E-state index in [9.17, 15) is 9.59 Å². The van der Waals surface area contributed by atoms with Crippen molar-refractivity contribution in [2.75, 3.05) is 13.2 Å². The number of carbonyl (C=O) groups is 2. The highest BCUT2D eigenvalue weighted by Gasteiger charge is 2.51. The minimum absolute atomic E-state index is 0.0186. The molecule has 5 nitrogen and oxygen atoms in total. The van der Waals surface area contributed by atoms with Gasteiger partial charge in [-0.1, -0.05) is 19.3 Å². The van der Waals surface area contributed by atoms with Gasteiger partial charge in [0.1, 0.15) is 11.6 Å². The van der Waals surface area contributed by atoms with Crippen LogP contribution >= 0.6 is 0 Å². The molecule has 1 heterocycles. The zero-order chi connectivity index (χ0) is 15.7. The normalized spacial score (nSPS) is 26.1. The van der Waals surface area contributed by atoms with Crippen LogP contribution in [0.3, 0.4) is 0 Å². The minimum Gasteiger partial charge on any atom is -0.374 e. The maximum absolute atomic E-state index is 12.6. The van der Waals surface area contributed by atoms with Gasteiger partial charge in [0.2, 0.25) is 11.8 Å². The molecule has 1 aliphatic carbocycles. The molecular weight excluding hydrogens is 268 g/mol. The molecule has 2 aliphatic rings. The third-order valence-corrected chi connectivity index (χ3v) is 4.45. The predicted octanol–water partition coefficient (Wildman–Crippen LogP) is 1.85. The number of hydrogen-bond donors (Lipinski definition) is 1. The Morgan fingerprint density at radius 1 is 1.24 bits per heavy atom. The Morgan fingerprint density at radius 3 is 2.43 bits per heavy atom. The molecule has 1 unspecified atom stereocenters. The lowest BCUT2D eigenvalue weighted by Gasteiger charge is -2.49. The van der Waals surface area contributed by atoms with Gasteiger partial charge in [0.25, 0.3) is 0 Å². The molecule has 120 valence electrons. The standard InChI is InChI=1S/C16H28N2O3/c1-12-13(19)18(10-11-21-15(2,3)4)16(14(20)17-12)8-6-5-7-9-16/h12H,5-11H2,1-4H3,(H,17,20). The van der Waals surface area contributed by atoms with Crippen molar-refractivity contribution < 1.29 is 14.3 Å². The zero-order valence-electron chi connectivity index (χ0n) is 13.7. The van der Waals surface area contributed by atoms with Crippen LogP contribution in [0.15, 0.2) is 0 Å². The lowest BCUT2D eigenvalue weighted by molar-refractivity contribution is -0.161. The summed E-state index contributed by atoms with van der Waals surface area (Å²) >= 11 is 0. The molecular formula is C16H28N2O3. The van der Waals surface area contributed by atoms with E-state index in [1.165, 1.54) is 0 Å². The number of nitrogens with zero attached hydrogens (tertiary/aromatic N) is 1. The van der Waals surface area contributed by atoms with Crippen LogP contribution in [0.2, 0.25) is 0 Å². The Bertz CT molecular complexity index is 408. The maximum Gasteiger partial charge on any atom is 0.246 e. The van der Waals surface area contributed by atoms with Gasteiger partial charge in [-0.3, -0.25) is 9.59 Å². The maximum atomic E-state index is 12.6. The van der Waals surface area contributed by atoms with E-state index < -0.39 is 11.6 Å². The van der Waals surface area contributed by atoms with Crippen molar-refractivity contribution in [1.29, 1.82) is 0 Å². The van der Waals surface area contributed by atoms with Crippen LogP contribution in [0.4, 0.5) is 0 Å². The Morgan fingerprint density at radius 2 is 1.86 bits per heavy atom. The Kier molecular flexibility index (Phi) is 4.61. The number of rotatable bonds is 3. The number of amides is 2. The lowest BCUT2D eigenvalue weighted by atomic mass is 9.77. The third-order valence-electron chi connectivity index (χ3n) is 4.45. The molecule has 1 spiro atoms. The van der Waals surface area contributed by atoms with E-state index in [1.54, 1.807) is 11.8 Å². The van der Waals surface area contributed by atoms with E-state index in [1.807, 2.05) is 20.8 Å². The minimum atomic E-state index is -0.636. The van der Waals surface area contributed by atoms with Crippen LogP contribution in [0.25, 0.3) is 0 Å². The Hall–Kier alpha value is -1.10. The van der Waals surface area contributed by atoms with Gasteiger partial charge in [0, 0.05) is 6.54 Å². The van der Waals surface area contributed by atoms with Crippen molar-refractivity contribution in [3.63, 3.8) is 0 Å². The van der Waals surface area contributed by atoms with Crippen LogP contribution in [0.1, 0.15) is 59.8 Å². The van der Waals surface area contributed by atoms with Gasteiger partial charge in [-0.15, -0.1) is 0 Å². The first-order valence-corrected chi connectivity index (χ1v) is 8.03. The third kappa shape index (κ3) is 3.39. The summed E-state index contributed by atoms with van der Waals surface area (Å²) in [4.78, 5) is 26.9. The average Bonchev–Trinajstić information content (AvgIpc) is 2.41. The second-order valence-corrected chi connectivity index (χ2v) is 7.24. The zero-order valence-corrected chi connectivity index (χ0v) is 13.7. The smallest absolute Gasteiger partial charge is 0.246 e. The average molecular weight is 296 g/mol. The molecule has 0 radical (unpaired) electrons. The van der Waals surface area contributed by atoms with Gasteiger partial charge in [-0.2, -0.15) is 0 Å². The molecule has 0 aromatic heterocycles. The summed E-state index contributed by atoms with van der Waals surface area (Å²) in [5.74, 6) is 0.0408. The quantitative estimate of drug-likeness (QED) is 0.864. The second-order valence-electron chi connectivity index (χ2n) is 7.24. The highest BCUT2D eigenvalue weighted by Crippen LogP contribution is 2.36. The molecule has 2 amide bonds. The fraction of sp³-hybridized carbons (Fsp3) is 0.875. The monoisotopic (exact) mass is 296 g/mol. The van der Waals surface area contributed by atoms with Crippen LogP contribution < -0.4 is 5.32 Å². The van der Waals surface area contributed by atoms with E-state index in [-0.39, 0.29) is 17.4 Å². The number of nitrogens with one attached hydrogen (secondary N) is 1. The molecule has 1 aliphatic heterocycles. The molecule has 2 rings (SSSR count). The molecule has 0 bridgehead atoms. The number of piperazine rings is 1. The molecule has 1 atom stereocenters. The van der Waals surface area contributed by atoms with Crippen molar-refractivity contribution >= 4 is 11.8 Å². The molecule has 1 N–H and O–H groups in total. The highest BCUT2D eigenvalue weighted by atomic mass is 16.5. The van der Waals surface area contributed by atoms with E-state index in [0.29, 0.717) is 13.2 Å². The molecule has 2 fully saturated rings. The Balaban J connectivity index is 2.14. The van der Waals surface area contributed by atoms with Gasteiger partial charge >= 0.3 is 0 Å².